The van der Waals surface area contributed by atoms with Crippen molar-refractivity contribution in [3.05, 3.63) is 42.2 Å². The third kappa shape index (κ3) is 5.11. The van der Waals surface area contributed by atoms with E-state index in [9.17, 15) is 4.79 Å². The number of rotatable bonds is 9. The molecule has 0 unspecified atom stereocenters. The second-order valence-electron chi connectivity index (χ2n) is 5.78. The number of aromatic nitrogens is 2. The van der Waals surface area contributed by atoms with Gasteiger partial charge in [-0.3, -0.25) is 9.36 Å². The van der Waals surface area contributed by atoms with Crippen LogP contribution in [0.3, 0.4) is 0 Å². The Morgan fingerprint density at radius 2 is 2.17 bits per heavy atom. The van der Waals surface area contributed by atoms with E-state index in [-0.39, 0.29) is 5.91 Å². The number of carbonyl (C=O) groups excluding carboxylic acids is 1. The highest BCUT2D eigenvalue weighted by molar-refractivity contribution is 7.99. The molecule has 24 heavy (non-hydrogen) atoms. The van der Waals surface area contributed by atoms with Gasteiger partial charge < -0.3 is 10.1 Å². The molecule has 2 rings (SSSR count). The van der Waals surface area contributed by atoms with Gasteiger partial charge in [-0.15, -0.1) is 0 Å². The number of benzene rings is 1. The van der Waals surface area contributed by atoms with Gasteiger partial charge in [0.1, 0.15) is 0 Å². The first-order valence-electron chi connectivity index (χ1n) is 8.14. The number of carbonyl (C=O) groups is 1. The molecule has 0 radical (unpaired) electrons. The molecule has 1 aromatic carbocycles. The third-order valence-corrected chi connectivity index (χ3v) is 4.57. The van der Waals surface area contributed by atoms with Crippen molar-refractivity contribution >= 4 is 17.7 Å². The predicted molar refractivity (Wildman–Crippen MR) is 97.9 cm³/mol. The molecule has 0 spiro atoms. The molecule has 130 valence electrons. The molecule has 1 aromatic heterocycles. The van der Waals surface area contributed by atoms with E-state index < -0.39 is 0 Å². The molecule has 0 aliphatic rings. The number of nitrogens with one attached hydrogen (secondary N) is 1. The number of amides is 1. The zero-order chi connectivity index (χ0) is 17.4. The van der Waals surface area contributed by atoms with Gasteiger partial charge in [-0.2, -0.15) is 0 Å². The summed E-state index contributed by atoms with van der Waals surface area (Å²) in [6.07, 6.45) is 4.54. The Kier molecular flexibility index (Phi) is 7.34. The molecule has 5 nitrogen and oxygen atoms in total. The van der Waals surface area contributed by atoms with Gasteiger partial charge in [0.15, 0.2) is 5.16 Å². The summed E-state index contributed by atoms with van der Waals surface area (Å²) >= 11 is 1.45. The molecule has 0 aliphatic carbocycles. The largest absolute Gasteiger partial charge is 0.385 e. The van der Waals surface area contributed by atoms with Crippen LogP contribution in [-0.4, -0.2) is 41.5 Å². The van der Waals surface area contributed by atoms with Crippen molar-refractivity contribution in [2.75, 3.05) is 26.0 Å². The van der Waals surface area contributed by atoms with Crippen molar-refractivity contribution in [2.45, 2.75) is 31.3 Å². The number of nitrogens with zero attached hydrogens (tertiary/aromatic N) is 2. The molecular formula is C18H25N3O2S. The molecule has 1 heterocycles. The van der Waals surface area contributed by atoms with Crippen molar-refractivity contribution in [3.63, 3.8) is 0 Å². The Balaban J connectivity index is 2.00. The SMILES string of the molecule is COCCCNC(=O)CSc1nccn1-c1ccccc1C(C)C. The van der Waals surface area contributed by atoms with Gasteiger partial charge in [0, 0.05) is 32.7 Å². The average Bonchev–Trinajstić information content (AvgIpc) is 3.05. The highest BCUT2D eigenvalue weighted by atomic mass is 32.2. The van der Waals surface area contributed by atoms with Crippen LogP contribution in [0.25, 0.3) is 5.69 Å². The number of methoxy groups -OCH3 is 1. The van der Waals surface area contributed by atoms with E-state index in [1.807, 2.05) is 12.3 Å². The Morgan fingerprint density at radius 1 is 1.38 bits per heavy atom. The number of ether oxygens (including phenoxy) is 1. The van der Waals surface area contributed by atoms with Gasteiger partial charge in [0.05, 0.1) is 11.4 Å². The molecule has 0 saturated carbocycles. The Morgan fingerprint density at radius 3 is 2.92 bits per heavy atom. The molecule has 1 N–H and O–H groups in total. The standard InChI is InChI=1S/C18H25N3O2S/c1-14(2)15-7-4-5-8-16(15)21-11-10-20-18(21)24-13-17(22)19-9-6-12-23-3/h4-5,7-8,10-11,14H,6,9,12-13H2,1-3H3,(H,19,22). The lowest BCUT2D eigenvalue weighted by Gasteiger charge is -2.15. The van der Waals surface area contributed by atoms with Crippen molar-refractivity contribution in [3.8, 4) is 5.69 Å². The Bertz CT molecular complexity index is 655. The van der Waals surface area contributed by atoms with Gasteiger partial charge in [0.25, 0.3) is 0 Å². The van der Waals surface area contributed by atoms with Crippen LogP contribution in [0.15, 0.2) is 41.8 Å². The molecule has 6 heteroatoms. The molecule has 0 fully saturated rings. The minimum atomic E-state index is 0.0165. The second kappa shape index (κ2) is 9.49. The molecular weight excluding hydrogens is 322 g/mol. The number of thioether (sulfide) groups is 1. The van der Waals surface area contributed by atoms with Crippen LogP contribution in [0.5, 0.6) is 0 Å². The van der Waals surface area contributed by atoms with Crippen LogP contribution >= 0.6 is 11.8 Å². The van der Waals surface area contributed by atoms with Crippen LogP contribution in [0.1, 0.15) is 31.7 Å². The van der Waals surface area contributed by atoms with Crippen molar-refractivity contribution in [1.29, 1.82) is 0 Å². The van der Waals surface area contributed by atoms with Crippen LogP contribution < -0.4 is 5.32 Å². The van der Waals surface area contributed by atoms with Crippen molar-refractivity contribution in [1.82, 2.24) is 14.9 Å². The van der Waals surface area contributed by atoms with Crippen LogP contribution in [-0.2, 0) is 9.53 Å². The van der Waals surface area contributed by atoms with E-state index in [2.05, 4.69) is 46.9 Å². The maximum atomic E-state index is 11.9. The fraction of sp³-hybridized carbons (Fsp3) is 0.444. The summed E-state index contributed by atoms with van der Waals surface area (Å²) in [6, 6.07) is 8.30. The zero-order valence-corrected chi connectivity index (χ0v) is 15.3. The minimum Gasteiger partial charge on any atom is -0.385 e. The Labute approximate surface area is 147 Å². The highest BCUT2D eigenvalue weighted by Gasteiger charge is 2.13. The summed E-state index contributed by atoms with van der Waals surface area (Å²) in [5.74, 6) is 0.793. The highest BCUT2D eigenvalue weighted by Crippen LogP contribution is 2.26. The minimum absolute atomic E-state index is 0.0165. The first kappa shape index (κ1) is 18.5. The van der Waals surface area contributed by atoms with Gasteiger partial charge in [-0.05, 0) is 24.0 Å². The molecule has 0 bridgehead atoms. The van der Waals surface area contributed by atoms with E-state index in [0.717, 1.165) is 17.3 Å². The summed E-state index contributed by atoms with van der Waals surface area (Å²) in [4.78, 5) is 16.3. The lowest BCUT2D eigenvalue weighted by Crippen LogP contribution is -2.26. The molecule has 0 saturated heterocycles. The number of hydrogen-bond donors (Lipinski definition) is 1. The van der Waals surface area contributed by atoms with Crippen molar-refractivity contribution < 1.29 is 9.53 Å². The van der Waals surface area contributed by atoms with Gasteiger partial charge in [0.2, 0.25) is 5.91 Å². The maximum absolute atomic E-state index is 11.9. The van der Waals surface area contributed by atoms with Crippen LogP contribution in [0.4, 0.5) is 0 Å². The molecule has 0 atom stereocenters. The van der Waals surface area contributed by atoms with Crippen molar-refractivity contribution in [2.24, 2.45) is 0 Å². The normalized spacial score (nSPS) is 11.0. The summed E-state index contributed by atoms with van der Waals surface area (Å²) in [6.45, 7) is 5.65. The second-order valence-corrected chi connectivity index (χ2v) is 6.72. The maximum Gasteiger partial charge on any atom is 0.230 e. The smallest absolute Gasteiger partial charge is 0.230 e. The monoisotopic (exact) mass is 347 g/mol. The predicted octanol–water partition coefficient (Wildman–Crippen LogP) is 3.24. The fourth-order valence-electron chi connectivity index (χ4n) is 2.40. The van der Waals surface area contributed by atoms with Gasteiger partial charge in [-0.25, -0.2) is 4.98 Å². The number of hydrogen-bond acceptors (Lipinski definition) is 4. The molecule has 2 aromatic rings. The van der Waals surface area contributed by atoms with Crippen LogP contribution in [0, 0.1) is 0 Å². The van der Waals surface area contributed by atoms with Gasteiger partial charge in [-0.1, -0.05) is 43.8 Å². The summed E-state index contributed by atoms with van der Waals surface area (Å²) in [7, 11) is 1.66. The Hall–Kier alpha value is -1.79. The van der Waals surface area contributed by atoms with E-state index in [0.29, 0.717) is 24.8 Å². The fourth-order valence-corrected chi connectivity index (χ4v) is 3.20. The molecule has 0 aliphatic heterocycles. The third-order valence-electron chi connectivity index (χ3n) is 3.60. The van der Waals surface area contributed by atoms with E-state index >= 15 is 0 Å². The average molecular weight is 347 g/mol. The van der Waals surface area contributed by atoms with E-state index in [1.54, 1.807) is 13.3 Å². The van der Waals surface area contributed by atoms with Gasteiger partial charge >= 0.3 is 0 Å². The number of para-hydroxylation sites is 1. The van der Waals surface area contributed by atoms with E-state index in [4.69, 9.17) is 4.74 Å². The van der Waals surface area contributed by atoms with Crippen LogP contribution in [0.2, 0.25) is 0 Å². The zero-order valence-electron chi connectivity index (χ0n) is 14.5. The quantitative estimate of drug-likeness (QED) is 0.559. The summed E-state index contributed by atoms with van der Waals surface area (Å²) in [5, 5.41) is 3.72. The lowest BCUT2D eigenvalue weighted by atomic mass is 10.0. The first-order valence-corrected chi connectivity index (χ1v) is 9.13. The summed E-state index contributed by atoms with van der Waals surface area (Å²) < 4.78 is 7.02. The lowest BCUT2D eigenvalue weighted by molar-refractivity contribution is -0.118. The number of imidazole rings is 1. The topological polar surface area (TPSA) is 56.1 Å². The summed E-state index contributed by atoms with van der Waals surface area (Å²) in [5.41, 5.74) is 2.38. The first-order chi connectivity index (χ1) is 11.6. The van der Waals surface area contributed by atoms with E-state index in [1.165, 1.54) is 17.3 Å². The molecule has 1 amide bonds.